The molecule has 0 spiro atoms. The highest BCUT2D eigenvalue weighted by atomic mass is 19.3. The Morgan fingerprint density at radius 1 is 1.28 bits per heavy atom. The Balaban J connectivity index is 1.95. The number of carbonyl (C=O) groups is 2. The molecule has 1 unspecified atom stereocenters. The van der Waals surface area contributed by atoms with Gasteiger partial charge in [-0.05, 0) is 59.9 Å². The number of benzene rings is 1. The highest BCUT2D eigenvalue weighted by Crippen LogP contribution is 2.34. The molecule has 2 heterocycles. The van der Waals surface area contributed by atoms with Gasteiger partial charge in [-0.1, -0.05) is 0 Å². The van der Waals surface area contributed by atoms with E-state index in [0.29, 0.717) is 19.6 Å². The zero-order valence-corrected chi connectivity index (χ0v) is 21.2. The number of phenols is 1. The van der Waals surface area contributed by atoms with E-state index in [4.69, 9.17) is 9.15 Å². The van der Waals surface area contributed by atoms with Crippen LogP contribution in [0.4, 0.5) is 13.6 Å². The summed E-state index contributed by atoms with van der Waals surface area (Å²) in [5.74, 6) is -1.27. The summed E-state index contributed by atoms with van der Waals surface area (Å²) in [5, 5.41) is 12.7. The molecule has 2 aromatic rings. The van der Waals surface area contributed by atoms with Gasteiger partial charge in [-0.2, -0.15) is 8.78 Å². The molecule has 0 radical (unpaired) electrons. The molecule has 2 amide bonds. The van der Waals surface area contributed by atoms with Crippen molar-refractivity contribution in [1.82, 2.24) is 20.1 Å². The molecule has 0 aliphatic carbocycles. The zero-order valence-electron chi connectivity index (χ0n) is 21.2. The molecular weight excluding hydrogens is 478 g/mol. The molecular formula is C24H32F2N4O6. The molecule has 198 valence electrons. The summed E-state index contributed by atoms with van der Waals surface area (Å²) in [7, 11) is 1.98. The van der Waals surface area contributed by atoms with Crippen LogP contribution in [0.1, 0.15) is 56.9 Å². The zero-order chi connectivity index (χ0) is 26.8. The van der Waals surface area contributed by atoms with Crippen LogP contribution in [-0.2, 0) is 4.74 Å². The van der Waals surface area contributed by atoms with Gasteiger partial charge in [0.2, 0.25) is 5.89 Å². The predicted molar refractivity (Wildman–Crippen MR) is 126 cm³/mol. The Hall–Kier alpha value is -3.41. The molecule has 2 atom stereocenters. The number of ether oxygens (including phenoxy) is 2. The SMILES string of the molecule is CC1CN(C(=O)c2nc(-c3ccc(OC(F)F)c(O)c3)oc2[C@H](C)NC(=O)OC(C)(C)C)CCN1C. The third-order valence-electron chi connectivity index (χ3n) is 5.65. The number of halogens is 2. The summed E-state index contributed by atoms with van der Waals surface area (Å²) < 4.78 is 40.5. The minimum Gasteiger partial charge on any atom is -0.504 e. The van der Waals surface area contributed by atoms with Gasteiger partial charge in [0.25, 0.3) is 5.91 Å². The minimum absolute atomic E-state index is 0.00212. The van der Waals surface area contributed by atoms with E-state index in [2.05, 4.69) is 19.9 Å². The molecule has 3 rings (SSSR count). The minimum atomic E-state index is -3.11. The number of phenolic OH excluding ortho intramolecular Hbond substituents is 1. The number of aromatic nitrogens is 1. The number of alkyl halides is 2. The molecule has 1 aromatic carbocycles. The quantitative estimate of drug-likeness (QED) is 0.599. The van der Waals surface area contributed by atoms with Crippen LogP contribution < -0.4 is 10.1 Å². The van der Waals surface area contributed by atoms with Gasteiger partial charge in [0, 0.05) is 31.2 Å². The predicted octanol–water partition coefficient (Wildman–Crippen LogP) is 4.01. The second-order valence-electron chi connectivity index (χ2n) is 9.74. The molecule has 0 bridgehead atoms. The summed E-state index contributed by atoms with van der Waals surface area (Å²) in [6.07, 6.45) is -0.703. The number of hydrogen-bond acceptors (Lipinski definition) is 8. The standard InChI is InChI=1S/C24H32F2N4O6/c1-13-12-30(10-9-29(13)6)21(32)18-19(14(2)27-23(33)36-24(3,4)5)35-20(28-18)15-7-8-17(16(31)11-15)34-22(25)26/h7-8,11,13-14,22,31H,9-10,12H2,1-6H3,(H,27,33)/t13?,14-/m0/s1. The van der Waals surface area contributed by atoms with Gasteiger partial charge >= 0.3 is 12.7 Å². The van der Waals surface area contributed by atoms with Gasteiger partial charge in [0.1, 0.15) is 5.60 Å². The van der Waals surface area contributed by atoms with Gasteiger partial charge in [-0.3, -0.25) is 4.79 Å². The Morgan fingerprint density at radius 3 is 2.56 bits per heavy atom. The summed E-state index contributed by atoms with van der Waals surface area (Å²) in [6, 6.07) is 3.00. The molecule has 1 aliphatic rings. The molecule has 1 saturated heterocycles. The largest absolute Gasteiger partial charge is 0.504 e. The van der Waals surface area contributed by atoms with Crippen molar-refractivity contribution < 1.29 is 37.4 Å². The fraction of sp³-hybridized carbons (Fsp3) is 0.542. The fourth-order valence-electron chi connectivity index (χ4n) is 3.68. The van der Waals surface area contributed by atoms with E-state index in [1.165, 1.54) is 6.07 Å². The lowest BCUT2D eigenvalue weighted by atomic mass is 10.1. The number of nitrogens with one attached hydrogen (secondary N) is 1. The first-order valence-electron chi connectivity index (χ1n) is 11.5. The maximum absolute atomic E-state index is 13.5. The number of nitrogens with zero attached hydrogens (tertiary/aromatic N) is 3. The van der Waals surface area contributed by atoms with Crippen molar-refractivity contribution in [3.05, 3.63) is 29.7 Å². The lowest BCUT2D eigenvalue weighted by Crippen LogP contribution is -2.52. The van der Waals surface area contributed by atoms with Crippen LogP contribution in [0.2, 0.25) is 0 Å². The molecule has 0 saturated carbocycles. The van der Waals surface area contributed by atoms with E-state index in [-0.39, 0.29) is 34.9 Å². The average molecular weight is 511 g/mol. The topological polar surface area (TPSA) is 117 Å². The molecule has 36 heavy (non-hydrogen) atoms. The average Bonchev–Trinajstić information content (AvgIpc) is 3.20. The second kappa shape index (κ2) is 10.7. The van der Waals surface area contributed by atoms with E-state index in [1.807, 2.05) is 14.0 Å². The number of aromatic hydroxyl groups is 1. The van der Waals surface area contributed by atoms with Gasteiger partial charge < -0.3 is 34.1 Å². The van der Waals surface area contributed by atoms with Gasteiger partial charge in [0.15, 0.2) is 23.0 Å². The highest BCUT2D eigenvalue weighted by molar-refractivity contribution is 5.94. The van der Waals surface area contributed by atoms with E-state index >= 15 is 0 Å². The van der Waals surface area contributed by atoms with Crippen LogP contribution in [0.25, 0.3) is 11.5 Å². The van der Waals surface area contributed by atoms with Crippen LogP contribution in [-0.4, -0.2) is 76.8 Å². The number of hydrogen-bond donors (Lipinski definition) is 2. The molecule has 1 fully saturated rings. The number of likely N-dealkylation sites (N-methyl/N-ethyl adjacent to an activating group) is 1. The number of oxazole rings is 1. The first-order valence-corrected chi connectivity index (χ1v) is 11.5. The summed E-state index contributed by atoms with van der Waals surface area (Å²) >= 11 is 0. The molecule has 2 N–H and O–H groups in total. The summed E-state index contributed by atoms with van der Waals surface area (Å²) in [4.78, 5) is 34.0. The second-order valence-corrected chi connectivity index (χ2v) is 9.74. The van der Waals surface area contributed by atoms with Gasteiger partial charge in [0.05, 0.1) is 6.04 Å². The van der Waals surface area contributed by atoms with Crippen molar-refractivity contribution in [2.45, 2.75) is 58.9 Å². The summed E-state index contributed by atoms with van der Waals surface area (Å²) in [6.45, 7) is 7.33. The van der Waals surface area contributed by atoms with E-state index in [1.54, 1.807) is 32.6 Å². The number of piperazine rings is 1. The molecule has 10 nitrogen and oxygen atoms in total. The maximum atomic E-state index is 13.5. The van der Waals surface area contributed by atoms with E-state index < -0.39 is 35.8 Å². The van der Waals surface area contributed by atoms with Gasteiger partial charge in [-0.25, -0.2) is 9.78 Å². The van der Waals surface area contributed by atoms with Crippen LogP contribution in [0.3, 0.4) is 0 Å². The Labute approximate surface area is 208 Å². The van der Waals surface area contributed by atoms with Crippen LogP contribution in [0.15, 0.2) is 22.6 Å². The third kappa shape index (κ3) is 6.62. The van der Waals surface area contributed by atoms with Crippen LogP contribution in [0.5, 0.6) is 11.5 Å². The Kier molecular flexibility index (Phi) is 8.07. The molecule has 1 aromatic heterocycles. The monoisotopic (exact) mass is 510 g/mol. The van der Waals surface area contributed by atoms with Crippen LogP contribution >= 0.6 is 0 Å². The number of carbonyl (C=O) groups excluding carboxylic acids is 2. The highest BCUT2D eigenvalue weighted by Gasteiger charge is 2.32. The van der Waals surface area contributed by atoms with Crippen molar-refractivity contribution in [3.63, 3.8) is 0 Å². The smallest absolute Gasteiger partial charge is 0.408 e. The normalized spacial score (nSPS) is 17.7. The van der Waals surface area contributed by atoms with Crippen molar-refractivity contribution in [2.75, 3.05) is 26.7 Å². The number of amides is 2. The van der Waals surface area contributed by atoms with Crippen molar-refractivity contribution in [3.8, 4) is 23.0 Å². The van der Waals surface area contributed by atoms with E-state index in [9.17, 15) is 23.5 Å². The number of rotatable bonds is 6. The Bertz CT molecular complexity index is 1100. The van der Waals surface area contributed by atoms with Crippen LogP contribution in [0, 0.1) is 0 Å². The first-order chi connectivity index (χ1) is 16.7. The first kappa shape index (κ1) is 27.2. The molecule has 1 aliphatic heterocycles. The fourth-order valence-corrected chi connectivity index (χ4v) is 3.68. The number of alkyl carbamates (subject to hydrolysis) is 1. The van der Waals surface area contributed by atoms with E-state index in [0.717, 1.165) is 12.1 Å². The lowest BCUT2D eigenvalue weighted by Gasteiger charge is -2.37. The molecule has 12 heteroatoms. The van der Waals surface area contributed by atoms with Crippen molar-refractivity contribution >= 4 is 12.0 Å². The summed E-state index contributed by atoms with van der Waals surface area (Å²) in [5.41, 5.74) is -0.506. The van der Waals surface area contributed by atoms with Crippen molar-refractivity contribution in [2.24, 2.45) is 0 Å². The Morgan fingerprint density at radius 2 is 1.97 bits per heavy atom. The lowest BCUT2D eigenvalue weighted by molar-refractivity contribution is -0.0512. The third-order valence-corrected chi connectivity index (χ3v) is 5.65. The van der Waals surface area contributed by atoms with Crippen molar-refractivity contribution in [1.29, 1.82) is 0 Å². The van der Waals surface area contributed by atoms with Gasteiger partial charge in [-0.15, -0.1) is 0 Å². The maximum Gasteiger partial charge on any atom is 0.408 e.